The van der Waals surface area contributed by atoms with Gasteiger partial charge >= 0.3 is 0 Å². The van der Waals surface area contributed by atoms with Crippen molar-refractivity contribution in [3.8, 4) is 0 Å². The largest absolute Gasteiger partial charge is 0.129 e. The van der Waals surface area contributed by atoms with Crippen LogP contribution in [0.25, 0.3) is 6.08 Å². The highest BCUT2D eigenvalue weighted by Gasteiger charge is 2.02. The summed E-state index contributed by atoms with van der Waals surface area (Å²) in [4.78, 5) is 1.26. The smallest absolute Gasteiger partial charge is 0.0704 e. The predicted octanol–water partition coefficient (Wildman–Crippen LogP) is 4.79. The Morgan fingerprint density at radius 1 is 1.62 bits per heavy atom. The van der Waals surface area contributed by atoms with Crippen LogP contribution in [0.2, 0.25) is 0 Å². The van der Waals surface area contributed by atoms with Gasteiger partial charge < -0.3 is 0 Å². The molecule has 0 nitrogen and oxygen atoms in total. The summed E-state index contributed by atoms with van der Waals surface area (Å²) in [6.07, 6.45) is 2.17. The summed E-state index contributed by atoms with van der Waals surface area (Å²) in [7, 11) is 0. The number of rotatable bonds is 3. The van der Waals surface area contributed by atoms with E-state index >= 15 is 0 Å². The Hall–Kier alpha value is 0.210. The third kappa shape index (κ3) is 3.45. The van der Waals surface area contributed by atoms with Crippen molar-refractivity contribution in [2.45, 2.75) is 13.8 Å². The van der Waals surface area contributed by atoms with Crippen molar-refractivity contribution in [1.82, 2.24) is 0 Å². The molecule has 1 aromatic rings. The molecule has 0 saturated heterocycles. The van der Waals surface area contributed by atoms with Gasteiger partial charge in [-0.1, -0.05) is 19.4 Å². The number of hydrogen-bond donors (Lipinski definition) is 0. The van der Waals surface area contributed by atoms with E-state index < -0.39 is 0 Å². The standard InChI is InChI=1S/C10H12BrClS/c1-7(2)8(6-12)5-9-3-4-10(11)13-9/h3-5,7H,6H2,1-2H3. The Bertz CT molecular complexity index is 302. The highest BCUT2D eigenvalue weighted by molar-refractivity contribution is 9.11. The molecule has 0 aliphatic heterocycles. The molecule has 72 valence electrons. The van der Waals surface area contributed by atoms with Crippen LogP contribution in [0.15, 0.2) is 21.5 Å². The SMILES string of the molecule is CC(C)C(=Cc1ccc(Br)s1)CCl. The molecule has 3 heteroatoms. The second-order valence-electron chi connectivity index (χ2n) is 3.15. The molecule has 0 amide bonds. The van der Waals surface area contributed by atoms with Gasteiger partial charge in [0.2, 0.25) is 0 Å². The summed E-state index contributed by atoms with van der Waals surface area (Å²) in [6.45, 7) is 4.33. The van der Waals surface area contributed by atoms with Gasteiger partial charge in [-0.15, -0.1) is 22.9 Å². The summed E-state index contributed by atoms with van der Waals surface area (Å²) in [6, 6.07) is 4.16. The highest BCUT2D eigenvalue weighted by atomic mass is 79.9. The van der Waals surface area contributed by atoms with Crippen molar-refractivity contribution in [2.75, 3.05) is 5.88 Å². The maximum Gasteiger partial charge on any atom is 0.0704 e. The van der Waals surface area contributed by atoms with Crippen LogP contribution in [0.1, 0.15) is 18.7 Å². The minimum Gasteiger partial charge on any atom is -0.129 e. The number of hydrogen-bond acceptors (Lipinski definition) is 1. The van der Waals surface area contributed by atoms with E-state index in [1.54, 1.807) is 11.3 Å². The molecule has 1 heterocycles. The van der Waals surface area contributed by atoms with Crippen LogP contribution in [-0.2, 0) is 0 Å². The Balaban J connectivity index is 2.84. The molecule has 0 aliphatic carbocycles. The summed E-state index contributed by atoms with van der Waals surface area (Å²) in [5.41, 5.74) is 1.29. The van der Waals surface area contributed by atoms with Gasteiger partial charge in [0.05, 0.1) is 3.79 Å². The first-order valence-corrected chi connectivity index (χ1v) is 6.29. The first kappa shape index (κ1) is 11.3. The number of thiophene rings is 1. The van der Waals surface area contributed by atoms with E-state index in [2.05, 4.69) is 48.0 Å². The number of allylic oxidation sites excluding steroid dienone is 1. The fraction of sp³-hybridized carbons (Fsp3) is 0.400. The van der Waals surface area contributed by atoms with Gasteiger partial charge in [-0.25, -0.2) is 0 Å². The molecule has 0 aromatic carbocycles. The van der Waals surface area contributed by atoms with Gasteiger partial charge in [-0.05, 0) is 40.1 Å². The molecule has 13 heavy (non-hydrogen) atoms. The Labute approximate surface area is 96.7 Å². The molecule has 0 atom stereocenters. The topological polar surface area (TPSA) is 0 Å². The van der Waals surface area contributed by atoms with Crippen molar-refractivity contribution in [2.24, 2.45) is 5.92 Å². The van der Waals surface area contributed by atoms with Crippen LogP contribution in [0.4, 0.5) is 0 Å². The minimum atomic E-state index is 0.526. The molecule has 0 fully saturated rings. The van der Waals surface area contributed by atoms with Gasteiger partial charge in [0, 0.05) is 10.8 Å². The van der Waals surface area contributed by atoms with Crippen LogP contribution >= 0.6 is 38.9 Å². The van der Waals surface area contributed by atoms with Gasteiger partial charge in [0.25, 0.3) is 0 Å². The molecule has 0 unspecified atom stereocenters. The van der Waals surface area contributed by atoms with Crippen molar-refractivity contribution < 1.29 is 0 Å². The average Bonchev–Trinajstić information content (AvgIpc) is 2.46. The lowest BCUT2D eigenvalue weighted by atomic mass is 10.0. The zero-order valence-corrected chi connectivity index (χ0v) is 10.8. The average molecular weight is 280 g/mol. The van der Waals surface area contributed by atoms with E-state index in [1.807, 2.05) is 0 Å². The zero-order valence-electron chi connectivity index (χ0n) is 7.68. The van der Waals surface area contributed by atoms with Crippen molar-refractivity contribution >= 4 is 44.9 Å². The number of halogens is 2. The minimum absolute atomic E-state index is 0.526. The van der Waals surface area contributed by atoms with Crippen molar-refractivity contribution in [1.29, 1.82) is 0 Å². The maximum atomic E-state index is 5.84. The summed E-state index contributed by atoms with van der Waals surface area (Å²) in [5.74, 6) is 1.14. The normalized spacial score (nSPS) is 12.5. The summed E-state index contributed by atoms with van der Waals surface area (Å²) in [5, 5.41) is 0. The molecule has 1 rings (SSSR count). The van der Waals surface area contributed by atoms with E-state index in [0.717, 1.165) is 3.79 Å². The maximum absolute atomic E-state index is 5.84. The second kappa shape index (κ2) is 5.18. The van der Waals surface area contributed by atoms with Crippen molar-refractivity contribution in [3.05, 3.63) is 26.4 Å². The Morgan fingerprint density at radius 2 is 2.31 bits per heavy atom. The Morgan fingerprint density at radius 3 is 2.69 bits per heavy atom. The monoisotopic (exact) mass is 278 g/mol. The van der Waals surface area contributed by atoms with Crippen LogP contribution in [0, 0.1) is 5.92 Å². The lowest BCUT2D eigenvalue weighted by Gasteiger charge is -2.05. The van der Waals surface area contributed by atoms with Crippen LogP contribution in [0.5, 0.6) is 0 Å². The summed E-state index contributed by atoms with van der Waals surface area (Å²) >= 11 is 11.0. The zero-order chi connectivity index (χ0) is 9.84. The molecule has 0 saturated carbocycles. The van der Waals surface area contributed by atoms with E-state index in [4.69, 9.17) is 11.6 Å². The van der Waals surface area contributed by atoms with E-state index in [9.17, 15) is 0 Å². The van der Waals surface area contributed by atoms with Crippen LogP contribution < -0.4 is 0 Å². The molecule has 0 spiro atoms. The summed E-state index contributed by atoms with van der Waals surface area (Å²) < 4.78 is 1.16. The third-order valence-corrected chi connectivity index (χ3v) is 3.70. The van der Waals surface area contributed by atoms with Gasteiger partial charge in [-0.2, -0.15) is 0 Å². The van der Waals surface area contributed by atoms with Gasteiger partial charge in [0.15, 0.2) is 0 Å². The van der Waals surface area contributed by atoms with E-state index in [-0.39, 0.29) is 0 Å². The fourth-order valence-corrected chi connectivity index (χ4v) is 2.73. The molecular formula is C10H12BrClS. The first-order valence-electron chi connectivity index (χ1n) is 4.15. The molecule has 0 N–H and O–H groups in total. The fourth-order valence-electron chi connectivity index (χ4n) is 0.948. The highest BCUT2D eigenvalue weighted by Crippen LogP contribution is 2.25. The molecule has 0 aliphatic rings. The predicted molar refractivity (Wildman–Crippen MR) is 65.6 cm³/mol. The van der Waals surface area contributed by atoms with Gasteiger partial charge in [-0.3, -0.25) is 0 Å². The van der Waals surface area contributed by atoms with E-state index in [1.165, 1.54) is 10.5 Å². The lowest BCUT2D eigenvalue weighted by Crippen LogP contribution is -1.94. The molecule has 1 aromatic heterocycles. The molecule has 0 radical (unpaired) electrons. The molecule has 0 bridgehead atoms. The first-order chi connectivity index (χ1) is 6.13. The quantitative estimate of drug-likeness (QED) is 0.698. The van der Waals surface area contributed by atoms with Crippen LogP contribution in [0.3, 0.4) is 0 Å². The third-order valence-electron chi connectivity index (χ3n) is 1.82. The molecular weight excluding hydrogens is 268 g/mol. The van der Waals surface area contributed by atoms with E-state index in [0.29, 0.717) is 11.8 Å². The van der Waals surface area contributed by atoms with Gasteiger partial charge in [0.1, 0.15) is 0 Å². The van der Waals surface area contributed by atoms with Crippen molar-refractivity contribution in [3.63, 3.8) is 0 Å². The Kier molecular flexibility index (Phi) is 4.50. The lowest BCUT2D eigenvalue weighted by molar-refractivity contribution is 0.778. The van der Waals surface area contributed by atoms with Crippen LogP contribution in [-0.4, -0.2) is 5.88 Å². The second-order valence-corrected chi connectivity index (χ2v) is 5.91. The number of alkyl halides is 1.